The van der Waals surface area contributed by atoms with E-state index in [4.69, 9.17) is 9.47 Å². The second-order valence-electron chi connectivity index (χ2n) is 6.42. The molecule has 0 spiro atoms. The van der Waals surface area contributed by atoms with Crippen molar-refractivity contribution in [3.63, 3.8) is 0 Å². The third-order valence-electron chi connectivity index (χ3n) is 4.21. The predicted octanol–water partition coefficient (Wildman–Crippen LogP) is 3.98. The Bertz CT molecular complexity index is 1120. The maximum Gasteiger partial charge on any atom is 0.343 e. The van der Waals surface area contributed by atoms with Crippen LogP contribution in [0.2, 0.25) is 0 Å². The van der Waals surface area contributed by atoms with Gasteiger partial charge in [-0.05, 0) is 73.2 Å². The number of rotatable bonds is 8. The molecule has 32 heavy (non-hydrogen) atoms. The van der Waals surface area contributed by atoms with Gasteiger partial charge in [-0.3, -0.25) is 14.9 Å². The molecule has 0 aromatic heterocycles. The molecule has 0 aliphatic carbocycles. The number of benzene rings is 3. The predicted molar refractivity (Wildman–Crippen MR) is 117 cm³/mol. The summed E-state index contributed by atoms with van der Waals surface area (Å²) in [5.74, 6) is 0.0335. The first kappa shape index (κ1) is 22.2. The lowest BCUT2D eigenvalue weighted by Crippen LogP contribution is -2.17. The Labute approximate surface area is 183 Å². The summed E-state index contributed by atoms with van der Waals surface area (Å²) < 4.78 is 10.7. The first-order valence-electron chi connectivity index (χ1n) is 9.59. The Morgan fingerprint density at radius 1 is 0.938 bits per heavy atom. The number of esters is 1. The van der Waals surface area contributed by atoms with Crippen molar-refractivity contribution in [1.29, 1.82) is 0 Å². The minimum absolute atomic E-state index is 0.103. The van der Waals surface area contributed by atoms with E-state index in [2.05, 4.69) is 10.5 Å². The molecule has 0 heterocycles. The summed E-state index contributed by atoms with van der Waals surface area (Å²) in [6.45, 7) is 2.42. The molecule has 9 nitrogen and oxygen atoms in total. The van der Waals surface area contributed by atoms with Crippen LogP contribution in [0.4, 0.5) is 5.69 Å². The molecule has 0 saturated heterocycles. The first-order valence-corrected chi connectivity index (χ1v) is 9.59. The minimum atomic E-state index is -0.543. The van der Waals surface area contributed by atoms with Crippen LogP contribution in [0.25, 0.3) is 0 Å². The van der Waals surface area contributed by atoms with Crippen LogP contribution in [0.5, 0.6) is 11.5 Å². The molecule has 1 amide bonds. The summed E-state index contributed by atoms with van der Waals surface area (Å²) >= 11 is 0. The zero-order valence-corrected chi connectivity index (χ0v) is 17.1. The van der Waals surface area contributed by atoms with Crippen molar-refractivity contribution in [2.24, 2.45) is 5.10 Å². The zero-order valence-electron chi connectivity index (χ0n) is 17.1. The van der Waals surface area contributed by atoms with Crippen LogP contribution in [-0.4, -0.2) is 29.6 Å². The molecule has 0 fully saturated rings. The number of nitro benzene ring substituents is 1. The molecule has 0 unspecified atom stereocenters. The third-order valence-corrected chi connectivity index (χ3v) is 4.21. The van der Waals surface area contributed by atoms with E-state index in [-0.39, 0.29) is 11.3 Å². The summed E-state index contributed by atoms with van der Waals surface area (Å²) in [6, 6.07) is 18.4. The summed E-state index contributed by atoms with van der Waals surface area (Å²) in [4.78, 5) is 34.4. The highest BCUT2D eigenvalue weighted by Gasteiger charge is 2.10. The first-order chi connectivity index (χ1) is 15.5. The number of amides is 1. The number of ether oxygens (including phenoxy) is 2. The quantitative estimate of drug-likeness (QED) is 0.189. The van der Waals surface area contributed by atoms with Crippen molar-refractivity contribution < 1.29 is 24.0 Å². The van der Waals surface area contributed by atoms with Crippen LogP contribution >= 0.6 is 0 Å². The van der Waals surface area contributed by atoms with Crippen molar-refractivity contribution in [2.75, 3.05) is 6.61 Å². The van der Waals surface area contributed by atoms with E-state index in [1.807, 2.05) is 6.92 Å². The molecule has 0 atom stereocenters. The zero-order chi connectivity index (χ0) is 22.9. The standard InChI is InChI=1S/C23H19N3O6/c1-2-31-20-13-7-18(8-14-20)23(28)32-21-11-3-16(4-12-21)15-24-25-22(27)17-5-9-19(10-6-17)26(29)30/h3-15H,2H2,1H3,(H,25,27)/b24-15+. The number of hydrogen-bond donors (Lipinski definition) is 1. The number of nitrogens with one attached hydrogen (secondary N) is 1. The normalized spacial score (nSPS) is 10.5. The van der Waals surface area contributed by atoms with Crippen LogP contribution in [0.3, 0.4) is 0 Å². The minimum Gasteiger partial charge on any atom is -0.494 e. The molecular weight excluding hydrogens is 414 g/mol. The van der Waals surface area contributed by atoms with Crippen LogP contribution < -0.4 is 14.9 Å². The molecule has 0 radical (unpaired) electrons. The lowest BCUT2D eigenvalue weighted by atomic mass is 10.2. The number of carbonyl (C=O) groups is 2. The maximum atomic E-state index is 12.2. The highest BCUT2D eigenvalue weighted by Crippen LogP contribution is 2.16. The SMILES string of the molecule is CCOc1ccc(C(=O)Oc2ccc(/C=N/NC(=O)c3ccc([N+](=O)[O-])cc3)cc2)cc1. The summed E-state index contributed by atoms with van der Waals surface area (Å²) in [6.07, 6.45) is 1.42. The van der Waals surface area contributed by atoms with Gasteiger partial charge in [-0.2, -0.15) is 5.10 Å². The number of carbonyl (C=O) groups excluding carboxylic acids is 2. The van der Waals surface area contributed by atoms with Crippen LogP contribution in [0, 0.1) is 10.1 Å². The summed E-state index contributed by atoms with van der Waals surface area (Å²) in [7, 11) is 0. The van der Waals surface area contributed by atoms with Gasteiger partial charge in [0.1, 0.15) is 11.5 Å². The number of hydrogen-bond acceptors (Lipinski definition) is 7. The second-order valence-corrected chi connectivity index (χ2v) is 6.42. The number of nitro groups is 1. The van der Waals surface area contributed by atoms with Gasteiger partial charge in [0.05, 0.1) is 23.3 Å². The molecule has 0 bridgehead atoms. The lowest BCUT2D eigenvalue weighted by molar-refractivity contribution is -0.384. The highest BCUT2D eigenvalue weighted by atomic mass is 16.6. The van der Waals surface area contributed by atoms with E-state index in [0.717, 1.165) is 0 Å². The van der Waals surface area contributed by atoms with E-state index in [9.17, 15) is 19.7 Å². The smallest absolute Gasteiger partial charge is 0.343 e. The average Bonchev–Trinajstić information content (AvgIpc) is 2.81. The van der Waals surface area contributed by atoms with E-state index < -0.39 is 16.8 Å². The van der Waals surface area contributed by atoms with Crippen LogP contribution in [0.15, 0.2) is 77.9 Å². The fourth-order valence-corrected chi connectivity index (χ4v) is 2.61. The molecule has 3 aromatic carbocycles. The van der Waals surface area contributed by atoms with Crippen molar-refractivity contribution >= 4 is 23.8 Å². The van der Waals surface area contributed by atoms with Gasteiger partial charge in [0, 0.05) is 17.7 Å². The van der Waals surface area contributed by atoms with Crippen molar-refractivity contribution in [1.82, 2.24) is 5.43 Å². The van der Waals surface area contributed by atoms with Gasteiger partial charge >= 0.3 is 5.97 Å². The number of hydrazone groups is 1. The van der Waals surface area contributed by atoms with Gasteiger partial charge in [0.15, 0.2) is 0 Å². The molecule has 0 aliphatic rings. The average molecular weight is 433 g/mol. The second kappa shape index (κ2) is 10.5. The molecule has 3 aromatic rings. The maximum absolute atomic E-state index is 12.2. The Balaban J connectivity index is 1.53. The Morgan fingerprint density at radius 3 is 2.12 bits per heavy atom. The monoisotopic (exact) mass is 433 g/mol. The van der Waals surface area contributed by atoms with Gasteiger partial charge in [0.2, 0.25) is 0 Å². The summed E-state index contributed by atoms with van der Waals surface area (Å²) in [5, 5.41) is 14.5. The van der Waals surface area contributed by atoms with E-state index in [1.165, 1.54) is 30.5 Å². The van der Waals surface area contributed by atoms with E-state index >= 15 is 0 Å². The van der Waals surface area contributed by atoms with Crippen molar-refractivity contribution in [2.45, 2.75) is 6.92 Å². The molecule has 0 aliphatic heterocycles. The van der Waals surface area contributed by atoms with Crippen molar-refractivity contribution in [3.8, 4) is 11.5 Å². The molecule has 1 N–H and O–H groups in total. The number of nitrogens with zero attached hydrogens (tertiary/aromatic N) is 2. The largest absolute Gasteiger partial charge is 0.494 e. The number of non-ortho nitro benzene ring substituents is 1. The fraction of sp³-hybridized carbons (Fsp3) is 0.0870. The van der Waals surface area contributed by atoms with Gasteiger partial charge in [-0.25, -0.2) is 10.2 Å². The lowest BCUT2D eigenvalue weighted by Gasteiger charge is -2.06. The van der Waals surface area contributed by atoms with Gasteiger partial charge < -0.3 is 9.47 Å². The summed E-state index contributed by atoms with van der Waals surface area (Å²) in [5.41, 5.74) is 3.54. The van der Waals surface area contributed by atoms with Crippen molar-refractivity contribution in [3.05, 3.63) is 99.6 Å². The molecular formula is C23H19N3O6. The van der Waals surface area contributed by atoms with Crippen LogP contribution in [-0.2, 0) is 0 Å². The van der Waals surface area contributed by atoms with Gasteiger partial charge in [-0.15, -0.1) is 0 Å². The van der Waals surface area contributed by atoms with E-state index in [0.29, 0.717) is 29.2 Å². The Kier molecular flexibility index (Phi) is 7.26. The Morgan fingerprint density at radius 2 is 1.53 bits per heavy atom. The third kappa shape index (κ3) is 5.99. The van der Waals surface area contributed by atoms with E-state index in [1.54, 1.807) is 48.5 Å². The highest BCUT2D eigenvalue weighted by molar-refractivity contribution is 5.95. The molecule has 9 heteroatoms. The fourth-order valence-electron chi connectivity index (χ4n) is 2.61. The van der Waals surface area contributed by atoms with Gasteiger partial charge in [0.25, 0.3) is 11.6 Å². The Hall–Kier alpha value is -4.53. The van der Waals surface area contributed by atoms with Crippen LogP contribution in [0.1, 0.15) is 33.2 Å². The molecule has 3 rings (SSSR count). The molecule has 0 saturated carbocycles. The topological polar surface area (TPSA) is 120 Å². The van der Waals surface area contributed by atoms with Gasteiger partial charge in [-0.1, -0.05) is 0 Å². The molecule has 162 valence electrons.